The summed E-state index contributed by atoms with van der Waals surface area (Å²) in [6.45, 7) is 10.9. The van der Waals surface area contributed by atoms with Gasteiger partial charge in [-0.3, -0.25) is 9.69 Å². The molecule has 0 saturated carbocycles. The van der Waals surface area contributed by atoms with Crippen molar-refractivity contribution in [3.8, 4) is 0 Å². The summed E-state index contributed by atoms with van der Waals surface area (Å²) in [6, 6.07) is 0. The SMILES string of the molecule is CCCCCCCCCCCCCCCCCC(=O)NC(C)N(CCC)CCC. The van der Waals surface area contributed by atoms with Gasteiger partial charge in [-0.1, -0.05) is 111 Å². The van der Waals surface area contributed by atoms with Crippen molar-refractivity contribution in [2.24, 2.45) is 0 Å². The van der Waals surface area contributed by atoms with E-state index in [1.807, 2.05) is 0 Å². The van der Waals surface area contributed by atoms with Crippen LogP contribution in [0.25, 0.3) is 0 Å². The van der Waals surface area contributed by atoms with Crippen LogP contribution < -0.4 is 5.32 Å². The number of unbranched alkanes of at least 4 members (excludes halogenated alkanes) is 14. The van der Waals surface area contributed by atoms with Crippen LogP contribution >= 0.6 is 0 Å². The first kappa shape index (κ1) is 28.4. The minimum Gasteiger partial charge on any atom is -0.341 e. The molecule has 0 aliphatic heterocycles. The molecule has 1 amide bonds. The molecule has 1 N–H and O–H groups in total. The third-order valence-electron chi connectivity index (χ3n) is 5.95. The van der Waals surface area contributed by atoms with Crippen LogP contribution in [-0.4, -0.2) is 30.1 Å². The molecule has 3 heteroatoms. The monoisotopic (exact) mass is 410 g/mol. The first-order valence-electron chi connectivity index (χ1n) is 13.2. The quantitative estimate of drug-likeness (QED) is 0.146. The second-order valence-corrected chi connectivity index (χ2v) is 8.98. The van der Waals surface area contributed by atoms with Crippen LogP contribution in [-0.2, 0) is 4.79 Å². The first-order valence-corrected chi connectivity index (χ1v) is 13.2. The van der Waals surface area contributed by atoms with Gasteiger partial charge in [0.25, 0.3) is 0 Å². The molecule has 0 spiro atoms. The van der Waals surface area contributed by atoms with E-state index >= 15 is 0 Å². The van der Waals surface area contributed by atoms with Crippen molar-refractivity contribution in [2.45, 2.75) is 149 Å². The zero-order valence-corrected chi connectivity index (χ0v) is 20.6. The standard InChI is InChI=1S/C26H54N2O/c1-5-8-9-10-11-12-13-14-15-16-17-18-19-20-21-22-26(29)27-25(4)28(23-6-2)24-7-3/h25H,5-24H2,1-4H3,(H,27,29). The van der Waals surface area contributed by atoms with E-state index in [-0.39, 0.29) is 12.1 Å². The molecule has 3 nitrogen and oxygen atoms in total. The van der Waals surface area contributed by atoms with Gasteiger partial charge >= 0.3 is 0 Å². The second kappa shape index (κ2) is 22.1. The number of nitrogens with zero attached hydrogens (tertiary/aromatic N) is 1. The zero-order valence-electron chi connectivity index (χ0n) is 20.6. The summed E-state index contributed by atoms with van der Waals surface area (Å²) in [5.41, 5.74) is 0. The van der Waals surface area contributed by atoms with Crippen molar-refractivity contribution < 1.29 is 4.79 Å². The normalized spacial score (nSPS) is 12.4. The minimum atomic E-state index is 0.166. The summed E-state index contributed by atoms with van der Waals surface area (Å²) in [4.78, 5) is 14.5. The van der Waals surface area contributed by atoms with Gasteiger partial charge in [0.1, 0.15) is 0 Å². The van der Waals surface area contributed by atoms with Crippen LogP contribution in [0.5, 0.6) is 0 Å². The summed E-state index contributed by atoms with van der Waals surface area (Å²) in [6.07, 6.45) is 23.6. The third-order valence-corrected chi connectivity index (χ3v) is 5.95. The largest absolute Gasteiger partial charge is 0.341 e. The van der Waals surface area contributed by atoms with Crippen molar-refractivity contribution in [3.63, 3.8) is 0 Å². The highest BCUT2D eigenvalue weighted by Gasteiger charge is 2.14. The Morgan fingerprint density at radius 3 is 1.38 bits per heavy atom. The number of hydrogen-bond donors (Lipinski definition) is 1. The van der Waals surface area contributed by atoms with E-state index in [1.165, 1.54) is 89.9 Å². The number of carbonyl (C=O) groups is 1. The number of carbonyl (C=O) groups excluding carboxylic acids is 1. The van der Waals surface area contributed by atoms with Gasteiger partial charge in [0.15, 0.2) is 0 Å². The fourth-order valence-electron chi connectivity index (χ4n) is 4.13. The van der Waals surface area contributed by atoms with Gasteiger partial charge in [-0.05, 0) is 39.3 Å². The lowest BCUT2D eigenvalue weighted by Crippen LogP contribution is -2.46. The van der Waals surface area contributed by atoms with Crippen molar-refractivity contribution in [1.82, 2.24) is 10.2 Å². The predicted octanol–water partition coefficient (Wildman–Crippen LogP) is 7.83. The third kappa shape index (κ3) is 19.2. The number of amides is 1. The molecule has 0 saturated heterocycles. The summed E-state index contributed by atoms with van der Waals surface area (Å²) >= 11 is 0. The van der Waals surface area contributed by atoms with Crippen molar-refractivity contribution in [3.05, 3.63) is 0 Å². The van der Waals surface area contributed by atoms with Gasteiger partial charge in [0.05, 0.1) is 6.17 Å². The lowest BCUT2D eigenvalue weighted by Gasteiger charge is -2.29. The van der Waals surface area contributed by atoms with Gasteiger partial charge < -0.3 is 5.32 Å². The Bertz CT molecular complexity index is 340. The lowest BCUT2D eigenvalue weighted by atomic mass is 10.0. The van der Waals surface area contributed by atoms with Crippen molar-refractivity contribution >= 4 is 5.91 Å². The topological polar surface area (TPSA) is 32.3 Å². The molecule has 0 aromatic carbocycles. The highest BCUT2D eigenvalue weighted by Crippen LogP contribution is 2.13. The van der Waals surface area contributed by atoms with E-state index in [0.29, 0.717) is 6.42 Å². The van der Waals surface area contributed by atoms with E-state index in [9.17, 15) is 4.79 Å². The highest BCUT2D eigenvalue weighted by molar-refractivity contribution is 5.76. The first-order chi connectivity index (χ1) is 14.2. The molecule has 1 unspecified atom stereocenters. The Labute approximate surface area is 183 Å². The predicted molar refractivity (Wildman–Crippen MR) is 129 cm³/mol. The average Bonchev–Trinajstić information content (AvgIpc) is 2.70. The lowest BCUT2D eigenvalue weighted by molar-refractivity contribution is -0.123. The number of hydrogen-bond acceptors (Lipinski definition) is 2. The minimum absolute atomic E-state index is 0.166. The molecule has 0 heterocycles. The zero-order chi connectivity index (χ0) is 21.6. The maximum atomic E-state index is 12.2. The van der Waals surface area contributed by atoms with Crippen LogP contribution in [0.2, 0.25) is 0 Å². The number of nitrogens with one attached hydrogen (secondary N) is 1. The van der Waals surface area contributed by atoms with E-state index in [4.69, 9.17) is 0 Å². The van der Waals surface area contributed by atoms with Crippen molar-refractivity contribution in [2.75, 3.05) is 13.1 Å². The maximum absolute atomic E-state index is 12.2. The number of rotatable bonds is 22. The Morgan fingerprint density at radius 2 is 1.00 bits per heavy atom. The van der Waals surface area contributed by atoms with Crippen LogP contribution in [0.1, 0.15) is 143 Å². The van der Waals surface area contributed by atoms with E-state index in [0.717, 1.165) is 32.4 Å². The molecule has 0 aromatic heterocycles. The Hall–Kier alpha value is -0.570. The second-order valence-electron chi connectivity index (χ2n) is 8.98. The van der Waals surface area contributed by atoms with Gasteiger partial charge in [0, 0.05) is 6.42 Å². The van der Waals surface area contributed by atoms with Gasteiger partial charge in [0.2, 0.25) is 5.91 Å². The Balaban J connectivity index is 3.42. The fourth-order valence-corrected chi connectivity index (χ4v) is 4.13. The summed E-state index contributed by atoms with van der Waals surface area (Å²) in [5, 5.41) is 3.19. The van der Waals surface area contributed by atoms with E-state index < -0.39 is 0 Å². The van der Waals surface area contributed by atoms with Crippen molar-refractivity contribution in [1.29, 1.82) is 0 Å². The fraction of sp³-hybridized carbons (Fsp3) is 0.962. The molecule has 29 heavy (non-hydrogen) atoms. The summed E-state index contributed by atoms with van der Waals surface area (Å²) in [7, 11) is 0. The molecule has 0 aliphatic carbocycles. The summed E-state index contributed by atoms with van der Waals surface area (Å²) in [5.74, 6) is 0.226. The molecule has 0 aromatic rings. The molecule has 0 rings (SSSR count). The molecular formula is C26H54N2O. The maximum Gasteiger partial charge on any atom is 0.221 e. The molecular weight excluding hydrogens is 356 g/mol. The van der Waals surface area contributed by atoms with E-state index in [2.05, 4.69) is 37.9 Å². The van der Waals surface area contributed by atoms with Gasteiger partial charge in [-0.15, -0.1) is 0 Å². The average molecular weight is 411 g/mol. The molecule has 174 valence electrons. The van der Waals surface area contributed by atoms with E-state index in [1.54, 1.807) is 0 Å². The Morgan fingerprint density at radius 1 is 0.621 bits per heavy atom. The van der Waals surface area contributed by atoms with Crippen LogP contribution in [0.15, 0.2) is 0 Å². The van der Waals surface area contributed by atoms with Gasteiger partial charge in [-0.25, -0.2) is 0 Å². The molecule has 0 aliphatic rings. The van der Waals surface area contributed by atoms with Crippen LogP contribution in [0.3, 0.4) is 0 Å². The highest BCUT2D eigenvalue weighted by atomic mass is 16.1. The summed E-state index contributed by atoms with van der Waals surface area (Å²) < 4.78 is 0. The smallest absolute Gasteiger partial charge is 0.221 e. The molecule has 0 fully saturated rings. The van der Waals surface area contributed by atoms with Gasteiger partial charge in [-0.2, -0.15) is 0 Å². The van der Waals surface area contributed by atoms with Crippen LogP contribution in [0, 0.1) is 0 Å². The van der Waals surface area contributed by atoms with Crippen LogP contribution in [0.4, 0.5) is 0 Å². The Kier molecular flexibility index (Phi) is 21.7. The molecule has 1 atom stereocenters. The molecule has 0 radical (unpaired) electrons. The molecule has 0 bridgehead atoms.